The summed E-state index contributed by atoms with van der Waals surface area (Å²) >= 11 is 0. The van der Waals surface area contributed by atoms with E-state index in [9.17, 15) is 29.8 Å². The minimum Gasteiger partial charge on any atom is -0.468 e. The first-order valence-corrected chi connectivity index (χ1v) is 6.37. The number of rotatable bonds is 5. The average Bonchev–Trinajstić information content (AvgIpc) is 3.25. The summed E-state index contributed by atoms with van der Waals surface area (Å²) in [4.78, 5) is 44.6. The van der Waals surface area contributed by atoms with Crippen LogP contribution in [0.1, 0.15) is 11.5 Å². The van der Waals surface area contributed by atoms with Crippen LogP contribution in [0, 0.1) is 25.6 Å². The number of nitro groups is 2. The molecule has 2 atom stereocenters. The molecular weight excluding hydrogens is 312 g/mol. The quantitative estimate of drug-likeness (QED) is 0.333. The summed E-state index contributed by atoms with van der Waals surface area (Å²) in [6.07, 6.45) is 0. The van der Waals surface area contributed by atoms with Crippen LogP contribution >= 0.6 is 0 Å². The van der Waals surface area contributed by atoms with E-state index in [4.69, 9.17) is 0 Å². The number of methoxy groups -OCH3 is 2. The van der Waals surface area contributed by atoms with Gasteiger partial charge in [0.2, 0.25) is 11.5 Å². The van der Waals surface area contributed by atoms with Crippen LogP contribution in [0.5, 0.6) is 0 Å². The zero-order valence-electron chi connectivity index (χ0n) is 12.1. The van der Waals surface area contributed by atoms with Gasteiger partial charge in [-0.1, -0.05) is 12.1 Å². The van der Waals surface area contributed by atoms with E-state index in [2.05, 4.69) is 9.47 Å². The number of non-ortho nitro benzene ring substituents is 1. The smallest absolute Gasteiger partial charge is 0.331 e. The third-order valence-electron chi connectivity index (χ3n) is 3.90. The number of esters is 2. The molecule has 0 aromatic heterocycles. The fourth-order valence-electron chi connectivity index (χ4n) is 2.82. The average molecular weight is 324 g/mol. The lowest BCUT2D eigenvalue weighted by molar-refractivity contribution is -0.501. The molecule has 0 saturated heterocycles. The molecule has 10 heteroatoms. The van der Waals surface area contributed by atoms with Crippen molar-refractivity contribution in [3.05, 3.63) is 50.1 Å². The van der Waals surface area contributed by atoms with Gasteiger partial charge in [0.15, 0.2) is 0 Å². The molecule has 0 bridgehead atoms. The Balaban J connectivity index is 2.50. The summed E-state index contributed by atoms with van der Waals surface area (Å²) in [6, 6.07) is 3.28. The van der Waals surface area contributed by atoms with Crippen LogP contribution in [0.15, 0.2) is 24.3 Å². The molecule has 1 aliphatic rings. The second-order valence-electron chi connectivity index (χ2n) is 4.91. The summed E-state index contributed by atoms with van der Waals surface area (Å²) in [5.74, 6) is -3.26. The summed E-state index contributed by atoms with van der Waals surface area (Å²) in [5.41, 5.74) is -2.05. The molecule has 1 fully saturated rings. The van der Waals surface area contributed by atoms with E-state index >= 15 is 0 Å². The highest BCUT2D eigenvalue weighted by molar-refractivity contribution is 6.06. The molecule has 2 rings (SSSR count). The molecule has 0 amide bonds. The second kappa shape index (κ2) is 5.63. The molecule has 23 heavy (non-hydrogen) atoms. The largest absolute Gasteiger partial charge is 0.468 e. The number of benzene rings is 1. The van der Waals surface area contributed by atoms with Crippen molar-refractivity contribution < 1.29 is 28.9 Å². The number of ether oxygens (including phenoxy) is 2. The van der Waals surface area contributed by atoms with Gasteiger partial charge in [0.05, 0.1) is 25.1 Å². The molecule has 122 valence electrons. The first-order valence-electron chi connectivity index (χ1n) is 6.37. The summed E-state index contributed by atoms with van der Waals surface area (Å²) in [5, 5.41) is 21.9. The van der Waals surface area contributed by atoms with E-state index < -0.39 is 39.2 Å². The number of nitrogens with zero attached hydrogens (tertiary/aromatic N) is 2. The predicted octanol–water partition coefficient (Wildman–Crippen LogP) is 0.670. The van der Waals surface area contributed by atoms with E-state index in [0.717, 1.165) is 26.4 Å². The van der Waals surface area contributed by atoms with Gasteiger partial charge in [-0.3, -0.25) is 29.8 Å². The first kappa shape index (κ1) is 16.3. The Hall–Kier alpha value is -3.04. The fourth-order valence-corrected chi connectivity index (χ4v) is 2.82. The van der Waals surface area contributed by atoms with Crippen molar-refractivity contribution in [2.45, 2.75) is 12.0 Å². The Bertz CT molecular complexity index is 668. The van der Waals surface area contributed by atoms with Crippen molar-refractivity contribution in [2.75, 3.05) is 14.2 Å². The molecule has 0 unspecified atom stereocenters. The predicted molar refractivity (Wildman–Crippen MR) is 73.1 cm³/mol. The molecule has 1 aromatic carbocycles. The maximum Gasteiger partial charge on any atom is 0.331 e. The van der Waals surface area contributed by atoms with E-state index in [0.29, 0.717) is 0 Å². The summed E-state index contributed by atoms with van der Waals surface area (Å²) in [6.45, 7) is 0. The van der Waals surface area contributed by atoms with Crippen molar-refractivity contribution in [1.82, 2.24) is 0 Å². The van der Waals surface area contributed by atoms with Crippen LogP contribution in [-0.2, 0) is 19.1 Å². The topological polar surface area (TPSA) is 139 Å². The lowest BCUT2D eigenvalue weighted by atomic mass is 9.99. The van der Waals surface area contributed by atoms with Gasteiger partial charge in [-0.25, -0.2) is 0 Å². The van der Waals surface area contributed by atoms with Gasteiger partial charge < -0.3 is 9.47 Å². The number of nitro benzene ring substituents is 1. The van der Waals surface area contributed by atoms with Crippen LogP contribution in [0.25, 0.3) is 0 Å². The van der Waals surface area contributed by atoms with E-state index in [-0.39, 0.29) is 11.3 Å². The van der Waals surface area contributed by atoms with Crippen LogP contribution in [-0.4, -0.2) is 42.0 Å². The standard InChI is InChI=1S/C13H12N2O8/c1-22-11(16)13(12(17)23-2)9(10(13)15(20)21)7-3-5-8(6-4-7)14(18)19/h3-6,9-10H,1-2H3/t9-,10+/m1/s1. The van der Waals surface area contributed by atoms with Gasteiger partial charge in [-0.15, -0.1) is 0 Å². The zero-order chi connectivity index (χ0) is 17.4. The number of carbonyl (C=O) groups is 2. The Kier molecular flexibility index (Phi) is 4.00. The first-order chi connectivity index (χ1) is 10.8. The normalized spacial score (nSPS) is 21.1. The molecule has 10 nitrogen and oxygen atoms in total. The highest BCUT2D eigenvalue weighted by atomic mass is 16.6. The van der Waals surface area contributed by atoms with E-state index in [1.165, 1.54) is 12.1 Å². The van der Waals surface area contributed by atoms with Gasteiger partial charge >= 0.3 is 11.9 Å². The SMILES string of the molecule is COC(=O)C1(C(=O)OC)[C@H](c2ccc([N+](=O)[O-])cc2)[C@@H]1[N+](=O)[O-]. The van der Waals surface area contributed by atoms with Gasteiger partial charge in [0, 0.05) is 17.1 Å². The Labute approximate surface area is 129 Å². The molecule has 1 saturated carbocycles. The zero-order valence-corrected chi connectivity index (χ0v) is 12.1. The van der Waals surface area contributed by atoms with Crippen molar-refractivity contribution in [3.8, 4) is 0 Å². The maximum atomic E-state index is 12.0. The molecule has 0 spiro atoms. The highest BCUT2D eigenvalue weighted by Crippen LogP contribution is 2.62. The molecule has 1 aliphatic carbocycles. The number of hydrogen-bond donors (Lipinski definition) is 0. The van der Waals surface area contributed by atoms with Crippen LogP contribution < -0.4 is 0 Å². The minimum absolute atomic E-state index is 0.214. The Morgan fingerprint density at radius 3 is 1.87 bits per heavy atom. The maximum absolute atomic E-state index is 12.0. The third-order valence-corrected chi connectivity index (χ3v) is 3.90. The molecule has 0 aliphatic heterocycles. The van der Waals surface area contributed by atoms with Crippen molar-refractivity contribution in [1.29, 1.82) is 0 Å². The summed E-state index contributed by atoms with van der Waals surface area (Å²) < 4.78 is 9.08. The lowest BCUT2D eigenvalue weighted by Gasteiger charge is -2.10. The van der Waals surface area contributed by atoms with Gasteiger partial charge in [0.1, 0.15) is 0 Å². The minimum atomic E-state index is -2.08. The van der Waals surface area contributed by atoms with Crippen LogP contribution in [0.2, 0.25) is 0 Å². The van der Waals surface area contributed by atoms with Crippen LogP contribution in [0.4, 0.5) is 5.69 Å². The van der Waals surface area contributed by atoms with Crippen molar-refractivity contribution in [3.63, 3.8) is 0 Å². The molecule has 0 N–H and O–H groups in total. The number of carbonyl (C=O) groups excluding carboxylic acids is 2. The Morgan fingerprint density at radius 1 is 1.04 bits per heavy atom. The van der Waals surface area contributed by atoms with E-state index in [1.807, 2.05) is 0 Å². The number of hydrogen-bond acceptors (Lipinski definition) is 8. The third kappa shape index (κ3) is 2.28. The fraction of sp³-hybridized carbons (Fsp3) is 0.385. The monoisotopic (exact) mass is 324 g/mol. The highest BCUT2D eigenvalue weighted by Gasteiger charge is 2.85. The van der Waals surface area contributed by atoms with Gasteiger partial charge in [-0.2, -0.15) is 0 Å². The van der Waals surface area contributed by atoms with Crippen LogP contribution in [0.3, 0.4) is 0 Å². The molecule has 1 aromatic rings. The van der Waals surface area contributed by atoms with Gasteiger partial charge in [0.25, 0.3) is 5.69 Å². The Morgan fingerprint density at radius 2 is 1.52 bits per heavy atom. The molecule has 0 heterocycles. The summed E-state index contributed by atoms with van der Waals surface area (Å²) in [7, 11) is 2.02. The molecule has 0 radical (unpaired) electrons. The van der Waals surface area contributed by atoms with Crippen molar-refractivity contribution >= 4 is 17.6 Å². The second-order valence-corrected chi connectivity index (χ2v) is 4.91. The van der Waals surface area contributed by atoms with Gasteiger partial charge in [-0.05, 0) is 5.56 Å². The molecular formula is C13H12N2O8. The lowest BCUT2D eigenvalue weighted by Crippen LogP contribution is -2.34. The van der Waals surface area contributed by atoms with E-state index in [1.54, 1.807) is 0 Å². The van der Waals surface area contributed by atoms with Crippen molar-refractivity contribution in [2.24, 2.45) is 5.41 Å².